The number of rotatable bonds is 5. The number of nitrogens with zero attached hydrogens (tertiary/aromatic N) is 2. The van der Waals surface area contributed by atoms with E-state index in [2.05, 4.69) is 20.6 Å². The van der Waals surface area contributed by atoms with Crippen LogP contribution in [0.15, 0.2) is 6.07 Å². The Morgan fingerprint density at radius 2 is 2.00 bits per heavy atom. The first kappa shape index (κ1) is 17.6. The van der Waals surface area contributed by atoms with Crippen molar-refractivity contribution in [2.24, 2.45) is 5.73 Å². The molecule has 1 rings (SSSR count). The van der Waals surface area contributed by atoms with Crippen molar-refractivity contribution in [2.75, 3.05) is 6.54 Å². The van der Waals surface area contributed by atoms with E-state index in [4.69, 9.17) is 10.8 Å². The number of aryl methyl sites for hydroxylation is 1. The van der Waals surface area contributed by atoms with Crippen molar-refractivity contribution >= 4 is 12.0 Å². The number of carboxylic acids is 1. The molecular formula is C11H14F3N5O3. The number of hydrogen-bond acceptors (Lipinski definition) is 5. The van der Waals surface area contributed by atoms with Gasteiger partial charge < -0.3 is 21.5 Å². The zero-order valence-electron chi connectivity index (χ0n) is 11.4. The molecule has 0 aliphatic carbocycles. The Hall–Kier alpha value is -2.43. The fourth-order valence-electron chi connectivity index (χ4n) is 1.37. The fraction of sp³-hybridized carbons (Fsp3) is 0.455. The molecule has 0 aromatic carbocycles. The first-order valence-corrected chi connectivity index (χ1v) is 6.01. The van der Waals surface area contributed by atoms with Crippen molar-refractivity contribution in [2.45, 2.75) is 25.7 Å². The minimum atomic E-state index is -4.61. The van der Waals surface area contributed by atoms with Gasteiger partial charge in [0, 0.05) is 12.2 Å². The maximum Gasteiger partial charge on any atom is 0.433 e. The number of carboxylic acid groups (broad SMARTS) is 1. The molecule has 0 aliphatic heterocycles. The third-order valence-corrected chi connectivity index (χ3v) is 2.40. The van der Waals surface area contributed by atoms with Gasteiger partial charge in [0.2, 0.25) is 0 Å². The molecule has 0 spiro atoms. The molecule has 0 saturated carbocycles. The smallest absolute Gasteiger partial charge is 0.433 e. The lowest BCUT2D eigenvalue weighted by Gasteiger charge is -2.11. The van der Waals surface area contributed by atoms with Crippen LogP contribution in [0.25, 0.3) is 0 Å². The Morgan fingerprint density at radius 3 is 2.55 bits per heavy atom. The molecule has 22 heavy (non-hydrogen) atoms. The SMILES string of the molecule is Cc1cc(C(F)(F)F)nc(CNC(=O)NCC(N)C(=O)O)n1. The number of carbonyl (C=O) groups is 2. The van der Waals surface area contributed by atoms with Gasteiger partial charge in [-0.05, 0) is 13.0 Å². The highest BCUT2D eigenvalue weighted by Gasteiger charge is 2.33. The minimum Gasteiger partial charge on any atom is -0.480 e. The number of alkyl halides is 3. The highest BCUT2D eigenvalue weighted by Crippen LogP contribution is 2.27. The highest BCUT2D eigenvalue weighted by molar-refractivity contribution is 5.77. The lowest BCUT2D eigenvalue weighted by molar-refractivity contribution is -0.141. The Morgan fingerprint density at radius 1 is 1.36 bits per heavy atom. The van der Waals surface area contributed by atoms with Crippen LogP contribution in [-0.2, 0) is 17.5 Å². The topological polar surface area (TPSA) is 130 Å². The van der Waals surface area contributed by atoms with E-state index >= 15 is 0 Å². The Bertz CT molecular complexity index is 564. The largest absolute Gasteiger partial charge is 0.480 e. The molecule has 0 radical (unpaired) electrons. The average Bonchev–Trinajstić information content (AvgIpc) is 2.40. The molecule has 11 heteroatoms. The number of halogens is 3. The summed E-state index contributed by atoms with van der Waals surface area (Å²) in [6.45, 7) is 0.689. The minimum absolute atomic E-state index is 0.104. The molecule has 1 atom stereocenters. The van der Waals surface area contributed by atoms with Crippen LogP contribution in [0, 0.1) is 6.92 Å². The summed E-state index contributed by atoms with van der Waals surface area (Å²) in [5.74, 6) is -1.51. The van der Waals surface area contributed by atoms with E-state index < -0.39 is 29.9 Å². The Labute approximate surface area is 122 Å². The zero-order valence-corrected chi connectivity index (χ0v) is 11.4. The second-order valence-electron chi connectivity index (χ2n) is 4.32. The molecule has 1 aromatic heterocycles. The van der Waals surface area contributed by atoms with Crippen molar-refractivity contribution in [3.05, 3.63) is 23.3 Å². The van der Waals surface area contributed by atoms with Gasteiger partial charge in [-0.2, -0.15) is 13.2 Å². The molecule has 0 saturated heterocycles. The van der Waals surface area contributed by atoms with Crippen LogP contribution in [0.2, 0.25) is 0 Å². The summed E-state index contributed by atoms with van der Waals surface area (Å²) in [6.07, 6.45) is -4.61. The quantitative estimate of drug-likeness (QED) is 0.604. The van der Waals surface area contributed by atoms with Gasteiger partial charge in [0.1, 0.15) is 17.6 Å². The van der Waals surface area contributed by atoms with Gasteiger partial charge >= 0.3 is 18.2 Å². The van der Waals surface area contributed by atoms with E-state index in [0.717, 1.165) is 6.07 Å². The van der Waals surface area contributed by atoms with Gasteiger partial charge in [-0.1, -0.05) is 0 Å². The molecule has 1 aromatic rings. The van der Waals surface area contributed by atoms with Gasteiger partial charge in [-0.15, -0.1) is 0 Å². The summed E-state index contributed by atoms with van der Waals surface area (Å²) in [7, 11) is 0. The first-order chi connectivity index (χ1) is 10.1. The second kappa shape index (κ2) is 7.02. The van der Waals surface area contributed by atoms with Gasteiger partial charge in [0.05, 0.1) is 6.54 Å². The molecular weight excluding hydrogens is 307 g/mol. The average molecular weight is 321 g/mol. The third-order valence-electron chi connectivity index (χ3n) is 2.40. The molecule has 8 nitrogen and oxygen atoms in total. The number of nitrogens with one attached hydrogen (secondary N) is 2. The zero-order chi connectivity index (χ0) is 16.9. The summed E-state index contributed by atoms with van der Waals surface area (Å²) in [5.41, 5.74) is 4.17. The Kier molecular flexibility index (Phi) is 5.63. The van der Waals surface area contributed by atoms with Crippen molar-refractivity contribution < 1.29 is 27.9 Å². The van der Waals surface area contributed by atoms with Gasteiger partial charge in [-0.3, -0.25) is 4.79 Å². The lowest BCUT2D eigenvalue weighted by atomic mass is 10.3. The predicted molar refractivity (Wildman–Crippen MR) is 67.6 cm³/mol. The Balaban J connectivity index is 2.59. The fourth-order valence-corrected chi connectivity index (χ4v) is 1.37. The van der Waals surface area contributed by atoms with Crippen LogP contribution in [0.1, 0.15) is 17.2 Å². The van der Waals surface area contributed by atoms with Crippen molar-refractivity contribution in [1.29, 1.82) is 0 Å². The molecule has 0 aliphatic rings. The maximum absolute atomic E-state index is 12.6. The predicted octanol–water partition coefficient (Wildman–Crippen LogP) is 0.0149. The normalized spacial score (nSPS) is 12.6. The number of aliphatic carboxylic acids is 1. The molecule has 1 heterocycles. The molecule has 2 amide bonds. The summed E-state index contributed by atoms with van der Waals surface area (Å²) in [6, 6.07) is -1.29. The maximum atomic E-state index is 12.6. The van der Waals surface area contributed by atoms with Gasteiger partial charge in [-0.25, -0.2) is 14.8 Å². The number of urea groups is 1. The van der Waals surface area contributed by atoms with Gasteiger partial charge in [0.25, 0.3) is 0 Å². The molecule has 1 unspecified atom stereocenters. The van der Waals surface area contributed by atoms with E-state index in [0.29, 0.717) is 0 Å². The van der Waals surface area contributed by atoms with Crippen molar-refractivity contribution in [1.82, 2.24) is 20.6 Å². The number of carbonyl (C=O) groups excluding carboxylic acids is 1. The summed E-state index contributed by atoms with van der Waals surface area (Å²) < 4.78 is 37.7. The van der Waals surface area contributed by atoms with Gasteiger partial charge in [0.15, 0.2) is 0 Å². The van der Waals surface area contributed by atoms with Crippen LogP contribution in [0.4, 0.5) is 18.0 Å². The summed E-state index contributed by atoms with van der Waals surface area (Å²) >= 11 is 0. The van der Waals surface area contributed by atoms with E-state index in [-0.39, 0.29) is 24.6 Å². The van der Waals surface area contributed by atoms with Crippen LogP contribution in [0.5, 0.6) is 0 Å². The molecule has 0 bridgehead atoms. The molecule has 5 N–H and O–H groups in total. The summed E-state index contributed by atoms with van der Waals surface area (Å²) in [4.78, 5) is 28.9. The highest BCUT2D eigenvalue weighted by atomic mass is 19.4. The van der Waals surface area contributed by atoms with Crippen LogP contribution in [0.3, 0.4) is 0 Å². The van der Waals surface area contributed by atoms with E-state index in [9.17, 15) is 22.8 Å². The number of aromatic nitrogens is 2. The number of nitrogens with two attached hydrogens (primary N) is 1. The second-order valence-corrected chi connectivity index (χ2v) is 4.32. The summed E-state index contributed by atoms with van der Waals surface area (Å²) in [5, 5.41) is 12.9. The van der Waals surface area contributed by atoms with E-state index in [1.165, 1.54) is 6.92 Å². The first-order valence-electron chi connectivity index (χ1n) is 6.01. The van der Waals surface area contributed by atoms with Crippen molar-refractivity contribution in [3.63, 3.8) is 0 Å². The van der Waals surface area contributed by atoms with E-state index in [1.54, 1.807) is 0 Å². The lowest BCUT2D eigenvalue weighted by Crippen LogP contribution is -2.45. The monoisotopic (exact) mass is 321 g/mol. The standard InChI is InChI=1S/C11H14F3N5O3/c1-5-2-7(11(12,13)14)19-8(18-5)4-17-10(22)16-3-6(15)9(20)21/h2,6H,3-4,15H2,1H3,(H,20,21)(H2,16,17,22). The molecule has 0 fully saturated rings. The van der Waals surface area contributed by atoms with Crippen LogP contribution < -0.4 is 16.4 Å². The van der Waals surface area contributed by atoms with E-state index in [1.807, 2.05) is 0 Å². The number of amides is 2. The van der Waals surface area contributed by atoms with Crippen LogP contribution in [-0.4, -0.2) is 39.7 Å². The van der Waals surface area contributed by atoms with Crippen molar-refractivity contribution in [3.8, 4) is 0 Å². The third kappa shape index (κ3) is 5.52. The molecule has 122 valence electrons. The number of hydrogen-bond donors (Lipinski definition) is 4. The van der Waals surface area contributed by atoms with Crippen LogP contribution >= 0.6 is 0 Å².